The number of hydrogen-bond acceptors (Lipinski definition) is 1. The van der Waals surface area contributed by atoms with Crippen molar-refractivity contribution in [2.24, 2.45) is 0 Å². The lowest BCUT2D eigenvalue weighted by molar-refractivity contribution is 0.584. The van der Waals surface area contributed by atoms with Gasteiger partial charge in [-0.05, 0) is 60.4 Å². The van der Waals surface area contributed by atoms with Gasteiger partial charge in [0, 0.05) is 11.8 Å². The van der Waals surface area contributed by atoms with E-state index in [2.05, 4.69) is 0 Å². The Morgan fingerprint density at radius 2 is 1.18 bits per heavy atom. The van der Waals surface area contributed by atoms with Crippen molar-refractivity contribution < 1.29 is 8.78 Å². The number of benzene rings is 2. The molecule has 0 fully saturated rings. The van der Waals surface area contributed by atoms with E-state index in [9.17, 15) is 8.78 Å². The summed E-state index contributed by atoms with van der Waals surface area (Å²) in [6.45, 7) is 3.75. The van der Waals surface area contributed by atoms with Gasteiger partial charge in [-0.15, -0.1) is 0 Å². The minimum atomic E-state index is -0.577. The van der Waals surface area contributed by atoms with Gasteiger partial charge in [0.05, 0.1) is 0 Å². The van der Waals surface area contributed by atoms with Crippen molar-refractivity contribution in [2.75, 3.05) is 5.73 Å². The SMILES string of the molecule is Cc1cc(-c2cc(F)cc(F)c2)cc(C)c1N. The first kappa shape index (κ1) is 11.6. The normalized spacial score (nSPS) is 10.6. The molecule has 0 spiro atoms. The Kier molecular flexibility index (Phi) is 2.84. The topological polar surface area (TPSA) is 26.0 Å². The third kappa shape index (κ3) is 2.28. The summed E-state index contributed by atoms with van der Waals surface area (Å²) in [6.07, 6.45) is 0. The minimum Gasteiger partial charge on any atom is -0.398 e. The quantitative estimate of drug-likeness (QED) is 0.744. The fourth-order valence-corrected chi connectivity index (χ4v) is 1.86. The fourth-order valence-electron chi connectivity index (χ4n) is 1.86. The number of nitrogen functional groups attached to an aromatic ring is 1. The molecule has 0 unspecified atom stereocenters. The van der Waals surface area contributed by atoms with Gasteiger partial charge in [-0.2, -0.15) is 0 Å². The van der Waals surface area contributed by atoms with Crippen LogP contribution in [0.5, 0.6) is 0 Å². The van der Waals surface area contributed by atoms with Crippen LogP contribution in [0.15, 0.2) is 30.3 Å². The van der Waals surface area contributed by atoms with E-state index in [0.29, 0.717) is 11.3 Å². The summed E-state index contributed by atoms with van der Waals surface area (Å²) in [6, 6.07) is 7.15. The van der Waals surface area contributed by atoms with Crippen LogP contribution < -0.4 is 5.73 Å². The maximum absolute atomic E-state index is 13.1. The molecule has 0 amide bonds. The molecule has 0 aliphatic carbocycles. The van der Waals surface area contributed by atoms with Gasteiger partial charge in [-0.25, -0.2) is 8.78 Å². The summed E-state index contributed by atoms with van der Waals surface area (Å²) in [4.78, 5) is 0. The highest BCUT2D eigenvalue weighted by Crippen LogP contribution is 2.27. The first-order chi connectivity index (χ1) is 7.97. The molecule has 0 aliphatic heterocycles. The lowest BCUT2D eigenvalue weighted by Crippen LogP contribution is -1.94. The zero-order valence-electron chi connectivity index (χ0n) is 9.72. The van der Waals surface area contributed by atoms with Crippen LogP contribution in [0, 0.1) is 25.5 Å². The third-order valence-corrected chi connectivity index (χ3v) is 2.79. The zero-order valence-corrected chi connectivity index (χ0v) is 9.72. The van der Waals surface area contributed by atoms with Crippen molar-refractivity contribution in [2.45, 2.75) is 13.8 Å². The molecule has 2 N–H and O–H groups in total. The lowest BCUT2D eigenvalue weighted by Gasteiger charge is -2.09. The number of nitrogens with two attached hydrogens (primary N) is 1. The van der Waals surface area contributed by atoms with Gasteiger partial charge in [0.2, 0.25) is 0 Å². The Hall–Kier alpha value is -1.90. The molecule has 0 saturated heterocycles. The Bertz CT molecular complexity index is 533. The predicted molar refractivity (Wildman–Crippen MR) is 65.7 cm³/mol. The molecule has 0 aromatic heterocycles. The lowest BCUT2D eigenvalue weighted by atomic mass is 9.99. The highest BCUT2D eigenvalue weighted by molar-refractivity contribution is 5.70. The smallest absolute Gasteiger partial charge is 0.126 e. The number of hydrogen-bond donors (Lipinski definition) is 1. The average Bonchev–Trinajstić information content (AvgIpc) is 2.23. The zero-order chi connectivity index (χ0) is 12.6. The Balaban J connectivity index is 2.60. The predicted octanol–water partition coefficient (Wildman–Crippen LogP) is 3.83. The summed E-state index contributed by atoms with van der Waals surface area (Å²) < 4.78 is 26.3. The molecule has 0 aliphatic rings. The maximum atomic E-state index is 13.1. The van der Waals surface area contributed by atoms with E-state index in [0.717, 1.165) is 22.8 Å². The molecule has 17 heavy (non-hydrogen) atoms. The first-order valence-electron chi connectivity index (χ1n) is 5.30. The highest BCUT2D eigenvalue weighted by Gasteiger charge is 2.06. The molecule has 3 heteroatoms. The monoisotopic (exact) mass is 233 g/mol. The third-order valence-electron chi connectivity index (χ3n) is 2.79. The van der Waals surface area contributed by atoms with Crippen LogP contribution in [0.3, 0.4) is 0 Å². The second-order valence-corrected chi connectivity index (χ2v) is 4.18. The van der Waals surface area contributed by atoms with Crippen LogP contribution in [0.1, 0.15) is 11.1 Å². The van der Waals surface area contributed by atoms with Gasteiger partial charge in [0.25, 0.3) is 0 Å². The van der Waals surface area contributed by atoms with Crippen molar-refractivity contribution >= 4 is 5.69 Å². The van der Waals surface area contributed by atoms with Crippen molar-refractivity contribution in [3.63, 3.8) is 0 Å². The summed E-state index contributed by atoms with van der Waals surface area (Å²) in [5, 5.41) is 0. The maximum Gasteiger partial charge on any atom is 0.126 e. The Morgan fingerprint density at radius 3 is 1.65 bits per heavy atom. The Labute approximate surface area is 98.9 Å². The van der Waals surface area contributed by atoms with Crippen LogP contribution >= 0.6 is 0 Å². The van der Waals surface area contributed by atoms with E-state index in [4.69, 9.17) is 5.73 Å². The van der Waals surface area contributed by atoms with Gasteiger partial charge >= 0.3 is 0 Å². The van der Waals surface area contributed by atoms with Gasteiger partial charge in [0.15, 0.2) is 0 Å². The summed E-state index contributed by atoms with van der Waals surface area (Å²) in [5.41, 5.74) is 9.66. The molecule has 1 nitrogen and oxygen atoms in total. The molecule has 0 saturated carbocycles. The van der Waals surface area contributed by atoms with Crippen molar-refractivity contribution in [1.82, 2.24) is 0 Å². The van der Waals surface area contributed by atoms with Crippen molar-refractivity contribution in [1.29, 1.82) is 0 Å². The molecule has 88 valence electrons. The van der Waals surface area contributed by atoms with Crippen LogP contribution in [0.4, 0.5) is 14.5 Å². The molecule has 0 heterocycles. The van der Waals surface area contributed by atoms with E-state index >= 15 is 0 Å². The van der Waals surface area contributed by atoms with E-state index in [-0.39, 0.29) is 0 Å². The first-order valence-corrected chi connectivity index (χ1v) is 5.30. The molecule has 2 rings (SSSR count). The second kappa shape index (κ2) is 4.17. The van der Waals surface area contributed by atoms with Gasteiger partial charge in [0.1, 0.15) is 11.6 Å². The molecular weight excluding hydrogens is 220 g/mol. The second-order valence-electron chi connectivity index (χ2n) is 4.18. The van der Waals surface area contributed by atoms with Crippen LogP contribution in [-0.2, 0) is 0 Å². The number of aryl methyl sites for hydroxylation is 2. The van der Waals surface area contributed by atoms with Crippen LogP contribution in [0.25, 0.3) is 11.1 Å². The molecule has 0 atom stereocenters. The number of anilines is 1. The molecule has 0 bridgehead atoms. The molecule has 0 radical (unpaired) electrons. The standard InChI is InChI=1S/C14H13F2N/c1-8-3-10(4-9(2)14(8)17)11-5-12(15)7-13(16)6-11/h3-7H,17H2,1-2H3. The summed E-state index contributed by atoms with van der Waals surface area (Å²) in [7, 11) is 0. The summed E-state index contributed by atoms with van der Waals surface area (Å²) >= 11 is 0. The number of rotatable bonds is 1. The Morgan fingerprint density at radius 1 is 0.765 bits per heavy atom. The van der Waals surface area contributed by atoms with E-state index in [1.807, 2.05) is 26.0 Å². The van der Waals surface area contributed by atoms with E-state index in [1.165, 1.54) is 12.1 Å². The van der Waals surface area contributed by atoms with E-state index < -0.39 is 11.6 Å². The largest absolute Gasteiger partial charge is 0.398 e. The van der Waals surface area contributed by atoms with Gasteiger partial charge < -0.3 is 5.73 Å². The average molecular weight is 233 g/mol. The fraction of sp³-hybridized carbons (Fsp3) is 0.143. The van der Waals surface area contributed by atoms with Crippen LogP contribution in [0.2, 0.25) is 0 Å². The molecule has 2 aromatic rings. The van der Waals surface area contributed by atoms with Crippen molar-refractivity contribution in [3.05, 3.63) is 53.1 Å². The number of halogens is 2. The van der Waals surface area contributed by atoms with Crippen molar-refractivity contribution in [3.8, 4) is 11.1 Å². The molecule has 2 aromatic carbocycles. The minimum absolute atomic E-state index is 0.522. The van der Waals surface area contributed by atoms with Crippen LogP contribution in [-0.4, -0.2) is 0 Å². The highest BCUT2D eigenvalue weighted by atomic mass is 19.1. The van der Waals surface area contributed by atoms with E-state index in [1.54, 1.807) is 0 Å². The molecular formula is C14H13F2N. The van der Waals surface area contributed by atoms with Gasteiger partial charge in [-0.1, -0.05) is 0 Å². The summed E-state index contributed by atoms with van der Waals surface area (Å²) in [5.74, 6) is -1.15. The van der Waals surface area contributed by atoms with Gasteiger partial charge in [-0.3, -0.25) is 0 Å².